The van der Waals surface area contributed by atoms with Crippen molar-refractivity contribution >= 4 is 39.7 Å². The first kappa shape index (κ1) is 18.5. The van der Waals surface area contributed by atoms with Crippen LogP contribution in [-0.4, -0.2) is 31.5 Å². The number of carbonyl (C=O) groups excluding carboxylic acids is 1. The van der Waals surface area contributed by atoms with Gasteiger partial charge in [-0.05, 0) is 12.1 Å². The van der Waals surface area contributed by atoms with E-state index in [1.165, 1.54) is 28.0 Å². The number of carbonyl (C=O) groups is 1. The quantitative estimate of drug-likeness (QED) is 0.686. The lowest BCUT2D eigenvalue weighted by atomic mass is 9.93. The number of fused-ring (bicyclic) bond motifs is 1. The predicted molar refractivity (Wildman–Crippen MR) is 99.4 cm³/mol. The average Bonchev–Trinajstić information content (AvgIpc) is 2.98. The Morgan fingerprint density at radius 3 is 2.73 bits per heavy atom. The number of rotatable bonds is 4. The summed E-state index contributed by atoms with van der Waals surface area (Å²) in [4.78, 5) is 24.8. The Bertz CT molecular complexity index is 1030. The van der Waals surface area contributed by atoms with Gasteiger partial charge in [0, 0.05) is 5.41 Å². The Morgan fingerprint density at radius 1 is 1.31 bits per heavy atom. The highest BCUT2D eigenvalue weighted by Gasteiger charge is 2.23. The van der Waals surface area contributed by atoms with Gasteiger partial charge in [0.1, 0.15) is 11.5 Å². The SMILES string of the molecule is CC(C)(C)c1nnc2sc(SCC(=O)Nc3ccccc3F)nn2c1=O. The van der Waals surface area contributed by atoms with Gasteiger partial charge in [-0.1, -0.05) is 56.0 Å². The van der Waals surface area contributed by atoms with Crippen LogP contribution in [0.1, 0.15) is 26.5 Å². The molecule has 0 unspecified atom stereocenters. The Hall–Kier alpha value is -2.33. The van der Waals surface area contributed by atoms with Gasteiger partial charge in [-0.15, -0.1) is 15.3 Å². The monoisotopic (exact) mass is 393 g/mol. The number of amides is 1. The van der Waals surface area contributed by atoms with Crippen molar-refractivity contribution in [1.82, 2.24) is 19.8 Å². The van der Waals surface area contributed by atoms with Crippen molar-refractivity contribution in [1.29, 1.82) is 0 Å². The van der Waals surface area contributed by atoms with Crippen molar-refractivity contribution < 1.29 is 9.18 Å². The molecule has 0 bridgehead atoms. The molecule has 7 nitrogen and oxygen atoms in total. The van der Waals surface area contributed by atoms with Gasteiger partial charge in [-0.25, -0.2) is 4.39 Å². The zero-order chi connectivity index (χ0) is 18.9. The smallest absolute Gasteiger partial charge is 0.297 e. The van der Waals surface area contributed by atoms with Crippen LogP contribution in [0.2, 0.25) is 0 Å². The van der Waals surface area contributed by atoms with Crippen LogP contribution in [-0.2, 0) is 10.2 Å². The van der Waals surface area contributed by atoms with Gasteiger partial charge < -0.3 is 5.32 Å². The van der Waals surface area contributed by atoms with Gasteiger partial charge in [0.15, 0.2) is 4.34 Å². The molecule has 0 spiro atoms. The number of hydrogen-bond donors (Lipinski definition) is 1. The highest BCUT2D eigenvalue weighted by Crippen LogP contribution is 2.24. The lowest BCUT2D eigenvalue weighted by molar-refractivity contribution is -0.113. The zero-order valence-corrected chi connectivity index (χ0v) is 15.9. The van der Waals surface area contributed by atoms with E-state index in [4.69, 9.17) is 0 Å². The zero-order valence-electron chi connectivity index (χ0n) is 14.3. The molecule has 0 aliphatic carbocycles. The summed E-state index contributed by atoms with van der Waals surface area (Å²) in [7, 11) is 0. The fourth-order valence-corrected chi connectivity index (χ4v) is 3.78. The minimum atomic E-state index is -0.498. The topological polar surface area (TPSA) is 89.2 Å². The van der Waals surface area contributed by atoms with Gasteiger partial charge in [-0.3, -0.25) is 9.59 Å². The van der Waals surface area contributed by atoms with Crippen molar-refractivity contribution in [2.45, 2.75) is 30.5 Å². The number of nitrogens with one attached hydrogen (secondary N) is 1. The summed E-state index contributed by atoms with van der Waals surface area (Å²) in [6.07, 6.45) is 0. The fraction of sp³-hybridized carbons (Fsp3) is 0.312. The molecule has 0 saturated carbocycles. The van der Waals surface area contributed by atoms with E-state index >= 15 is 0 Å². The molecule has 3 aromatic rings. The second-order valence-electron chi connectivity index (χ2n) is 6.48. The number of benzene rings is 1. The molecule has 10 heteroatoms. The minimum absolute atomic E-state index is 0.0302. The molecule has 0 radical (unpaired) electrons. The van der Waals surface area contributed by atoms with Crippen LogP contribution in [0.25, 0.3) is 4.96 Å². The molecule has 136 valence electrons. The largest absolute Gasteiger partial charge is 0.323 e. The van der Waals surface area contributed by atoms with Crippen LogP contribution in [0.5, 0.6) is 0 Å². The second-order valence-corrected chi connectivity index (χ2v) is 8.66. The Labute approximate surface area is 156 Å². The van der Waals surface area contributed by atoms with Crippen molar-refractivity contribution in [3.8, 4) is 0 Å². The number of para-hydroxylation sites is 1. The molecule has 2 aromatic heterocycles. The maximum atomic E-state index is 13.5. The fourth-order valence-electron chi connectivity index (χ4n) is 2.10. The first-order chi connectivity index (χ1) is 12.3. The standard InChI is InChI=1S/C16H16FN5O2S2/c1-16(2,3)12-13(24)22-14(20-19-12)26-15(21-22)25-8-11(23)18-10-7-5-4-6-9(10)17/h4-7H,8H2,1-3H3,(H,18,23). The molecule has 0 fully saturated rings. The van der Waals surface area contributed by atoms with E-state index in [-0.39, 0.29) is 22.9 Å². The van der Waals surface area contributed by atoms with Gasteiger partial charge in [-0.2, -0.15) is 4.52 Å². The highest BCUT2D eigenvalue weighted by molar-refractivity contribution is 8.01. The summed E-state index contributed by atoms with van der Waals surface area (Å²) in [6, 6.07) is 5.94. The maximum Gasteiger partial charge on any atom is 0.297 e. The lowest BCUT2D eigenvalue weighted by Crippen LogP contribution is -2.30. The van der Waals surface area contributed by atoms with Crippen molar-refractivity contribution in [2.75, 3.05) is 11.1 Å². The number of halogens is 1. The highest BCUT2D eigenvalue weighted by atomic mass is 32.2. The van der Waals surface area contributed by atoms with Crippen molar-refractivity contribution in [3.63, 3.8) is 0 Å². The Kier molecular flexibility index (Phi) is 5.05. The molecular weight excluding hydrogens is 377 g/mol. The summed E-state index contributed by atoms with van der Waals surface area (Å²) in [5.74, 6) is -0.835. The van der Waals surface area contributed by atoms with Crippen LogP contribution in [0.15, 0.2) is 33.4 Å². The summed E-state index contributed by atoms with van der Waals surface area (Å²) in [5.41, 5.74) is -0.308. The third kappa shape index (κ3) is 3.91. The number of anilines is 1. The molecule has 1 N–H and O–H groups in total. The molecular formula is C16H16FN5O2S2. The van der Waals surface area contributed by atoms with E-state index in [2.05, 4.69) is 20.6 Å². The molecule has 2 heterocycles. The van der Waals surface area contributed by atoms with Crippen LogP contribution in [0.3, 0.4) is 0 Å². The van der Waals surface area contributed by atoms with Crippen LogP contribution >= 0.6 is 23.1 Å². The van der Waals surface area contributed by atoms with E-state index in [0.29, 0.717) is 15.0 Å². The number of thioether (sulfide) groups is 1. The van der Waals surface area contributed by atoms with E-state index in [1.54, 1.807) is 12.1 Å². The minimum Gasteiger partial charge on any atom is -0.323 e. The van der Waals surface area contributed by atoms with Gasteiger partial charge in [0.25, 0.3) is 5.56 Å². The second kappa shape index (κ2) is 7.12. The first-order valence-electron chi connectivity index (χ1n) is 7.70. The average molecular weight is 393 g/mol. The molecule has 0 atom stereocenters. The first-order valence-corrected chi connectivity index (χ1v) is 9.50. The van der Waals surface area contributed by atoms with Crippen LogP contribution < -0.4 is 10.9 Å². The normalized spacial score (nSPS) is 11.7. The molecule has 3 rings (SSSR count). The summed E-state index contributed by atoms with van der Waals surface area (Å²) in [5, 5.41) is 14.8. The Balaban J connectivity index is 1.74. The Morgan fingerprint density at radius 2 is 2.04 bits per heavy atom. The lowest BCUT2D eigenvalue weighted by Gasteiger charge is -2.14. The molecule has 0 aliphatic rings. The van der Waals surface area contributed by atoms with E-state index in [1.807, 2.05) is 20.8 Å². The van der Waals surface area contributed by atoms with Crippen LogP contribution in [0, 0.1) is 5.82 Å². The number of hydrogen-bond acceptors (Lipinski definition) is 7. The third-order valence-corrected chi connectivity index (χ3v) is 5.39. The molecule has 26 heavy (non-hydrogen) atoms. The predicted octanol–water partition coefficient (Wildman–Crippen LogP) is 2.71. The van der Waals surface area contributed by atoms with E-state index < -0.39 is 11.2 Å². The van der Waals surface area contributed by atoms with Gasteiger partial charge >= 0.3 is 0 Å². The van der Waals surface area contributed by atoms with Crippen LogP contribution in [0.4, 0.5) is 10.1 Å². The van der Waals surface area contributed by atoms with Gasteiger partial charge in [0.05, 0.1) is 11.4 Å². The number of nitrogens with zero attached hydrogens (tertiary/aromatic N) is 4. The van der Waals surface area contributed by atoms with Crippen molar-refractivity contribution in [2.24, 2.45) is 0 Å². The van der Waals surface area contributed by atoms with E-state index in [0.717, 1.165) is 11.8 Å². The molecule has 0 saturated heterocycles. The van der Waals surface area contributed by atoms with Gasteiger partial charge in [0.2, 0.25) is 10.9 Å². The molecule has 1 aromatic carbocycles. The summed E-state index contributed by atoms with van der Waals surface area (Å²) < 4.78 is 15.3. The molecule has 0 aliphatic heterocycles. The number of aromatic nitrogens is 4. The summed E-state index contributed by atoms with van der Waals surface area (Å²) in [6.45, 7) is 5.62. The third-order valence-electron chi connectivity index (χ3n) is 3.36. The summed E-state index contributed by atoms with van der Waals surface area (Å²) >= 11 is 2.32. The van der Waals surface area contributed by atoms with E-state index in [9.17, 15) is 14.0 Å². The molecule has 1 amide bonds. The van der Waals surface area contributed by atoms with Crippen molar-refractivity contribution in [3.05, 3.63) is 46.1 Å². The maximum absolute atomic E-state index is 13.5.